The zero-order chi connectivity index (χ0) is 13.3. The summed E-state index contributed by atoms with van der Waals surface area (Å²) in [6.07, 6.45) is -0.471. The lowest BCUT2D eigenvalue weighted by molar-refractivity contribution is -0.0324. The van der Waals surface area contributed by atoms with Crippen LogP contribution >= 0.6 is 0 Å². The minimum Gasteiger partial charge on any atom is -0.497 e. The number of aliphatic hydroxyl groups excluding tert-OH is 1. The molecule has 0 saturated carbocycles. The van der Waals surface area contributed by atoms with Gasteiger partial charge in [0.2, 0.25) is 0 Å². The standard InChI is InChI=1S/C13H16F2O3/c1-7-3-4-11(18-7)13(16)12-9(14)5-8(17-2)6-10(12)15/h5-7,11,13,16H,3-4H2,1-2H3. The van der Waals surface area contributed by atoms with Gasteiger partial charge in [-0.2, -0.15) is 0 Å². The maximum atomic E-state index is 13.8. The zero-order valence-electron chi connectivity index (χ0n) is 10.3. The average molecular weight is 258 g/mol. The van der Waals surface area contributed by atoms with Crippen molar-refractivity contribution in [3.8, 4) is 5.75 Å². The number of benzene rings is 1. The first kappa shape index (κ1) is 13.2. The third kappa shape index (κ3) is 2.47. The second-order valence-electron chi connectivity index (χ2n) is 4.51. The number of ether oxygens (including phenoxy) is 2. The highest BCUT2D eigenvalue weighted by Gasteiger charge is 2.32. The van der Waals surface area contributed by atoms with Gasteiger partial charge in [0.05, 0.1) is 24.9 Å². The highest BCUT2D eigenvalue weighted by atomic mass is 19.1. The lowest BCUT2D eigenvalue weighted by Crippen LogP contribution is -2.21. The van der Waals surface area contributed by atoms with Gasteiger partial charge in [0.1, 0.15) is 23.5 Å². The van der Waals surface area contributed by atoms with E-state index in [4.69, 9.17) is 9.47 Å². The minimum absolute atomic E-state index is 0.00835. The Balaban J connectivity index is 2.27. The molecular formula is C13H16F2O3. The largest absolute Gasteiger partial charge is 0.497 e. The van der Waals surface area contributed by atoms with Gasteiger partial charge >= 0.3 is 0 Å². The van der Waals surface area contributed by atoms with Crippen LogP contribution in [0.2, 0.25) is 0 Å². The molecule has 1 aliphatic heterocycles. The quantitative estimate of drug-likeness (QED) is 0.905. The third-order valence-corrected chi connectivity index (χ3v) is 3.20. The van der Waals surface area contributed by atoms with Crippen LogP contribution in [0.1, 0.15) is 31.4 Å². The summed E-state index contributed by atoms with van der Waals surface area (Å²) in [4.78, 5) is 0. The Bertz CT molecular complexity index is 413. The predicted octanol–water partition coefficient (Wildman–Crippen LogP) is 2.57. The first-order valence-corrected chi connectivity index (χ1v) is 5.89. The van der Waals surface area contributed by atoms with Gasteiger partial charge in [-0.3, -0.25) is 0 Å². The third-order valence-electron chi connectivity index (χ3n) is 3.20. The van der Waals surface area contributed by atoms with Gasteiger partial charge in [-0.15, -0.1) is 0 Å². The Morgan fingerprint density at radius 2 is 1.94 bits per heavy atom. The molecule has 18 heavy (non-hydrogen) atoms. The first-order valence-electron chi connectivity index (χ1n) is 5.89. The van der Waals surface area contributed by atoms with Crippen LogP contribution in [-0.4, -0.2) is 24.4 Å². The van der Waals surface area contributed by atoms with Gasteiger partial charge in [-0.25, -0.2) is 8.78 Å². The van der Waals surface area contributed by atoms with Gasteiger partial charge in [0, 0.05) is 12.1 Å². The van der Waals surface area contributed by atoms with Crippen LogP contribution in [0.5, 0.6) is 5.75 Å². The topological polar surface area (TPSA) is 38.7 Å². The molecule has 5 heteroatoms. The van der Waals surface area contributed by atoms with Gasteiger partial charge in [0.15, 0.2) is 0 Å². The minimum atomic E-state index is -1.29. The van der Waals surface area contributed by atoms with Crippen LogP contribution in [0.25, 0.3) is 0 Å². The molecule has 1 aromatic rings. The molecule has 100 valence electrons. The van der Waals surface area contributed by atoms with Crippen molar-refractivity contribution in [2.24, 2.45) is 0 Å². The molecule has 0 amide bonds. The molecule has 1 N–H and O–H groups in total. The predicted molar refractivity (Wildman–Crippen MR) is 61.4 cm³/mol. The van der Waals surface area contributed by atoms with Crippen molar-refractivity contribution < 1.29 is 23.4 Å². The molecule has 3 unspecified atom stereocenters. The van der Waals surface area contributed by atoms with Crippen LogP contribution in [0.3, 0.4) is 0 Å². The summed E-state index contributed by atoms with van der Waals surface area (Å²) < 4.78 is 37.7. The molecule has 0 radical (unpaired) electrons. The molecule has 1 aliphatic rings. The van der Waals surface area contributed by atoms with Crippen molar-refractivity contribution in [3.05, 3.63) is 29.3 Å². The molecule has 1 saturated heterocycles. The Hall–Kier alpha value is -1.20. The summed E-state index contributed by atoms with van der Waals surface area (Å²) in [5, 5.41) is 10.0. The SMILES string of the molecule is COc1cc(F)c(C(O)C2CCC(C)O2)c(F)c1. The highest BCUT2D eigenvalue weighted by Crippen LogP contribution is 2.33. The molecule has 3 atom stereocenters. The van der Waals surface area contributed by atoms with E-state index >= 15 is 0 Å². The molecular weight excluding hydrogens is 242 g/mol. The fourth-order valence-electron chi connectivity index (χ4n) is 2.21. The molecule has 3 nitrogen and oxygen atoms in total. The Kier molecular flexibility index (Phi) is 3.82. The Morgan fingerprint density at radius 3 is 2.39 bits per heavy atom. The van der Waals surface area contributed by atoms with E-state index in [1.54, 1.807) is 0 Å². The van der Waals surface area contributed by atoms with Gasteiger partial charge < -0.3 is 14.6 Å². The molecule has 1 heterocycles. The highest BCUT2D eigenvalue weighted by molar-refractivity contribution is 5.32. The van der Waals surface area contributed by atoms with Crippen molar-refractivity contribution in [1.29, 1.82) is 0 Å². The first-order chi connectivity index (χ1) is 8.52. The van der Waals surface area contributed by atoms with Crippen molar-refractivity contribution in [2.45, 2.75) is 38.1 Å². The fraction of sp³-hybridized carbons (Fsp3) is 0.538. The Morgan fingerprint density at radius 1 is 1.33 bits per heavy atom. The molecule has 1 aromatic carbocycles. The van der Waals surface area contributed by atoms with Crippen molar-refractivity contribution in [2.75, 3.05) is 7.11 Å². The number of hydrogen-bond acceptors (Lipinski definition) is 3. The average Bonchev–Trinajstić information content (AvgIpc) is 2.74. The second-order valence-corrected chi connectivity index (χ2v) is 4.51. The van der Waals surface area contributed by atoms with Crippen LogP contribution in [0.4, 0.5) is 8.78 Å². The van der Waals surface area contributed by atoms with E-state index in [9.17, 15) is 13.9 Å². The summed E-state index contributed by atoms with van der Waals surface area (Å²) in [6, 6.07) is 2.11. The zero-order valence-corrected chi connectivity index (χ0v) is 10.3. The normalized spacial score (nSPS) is 25.2. The van der Waals surface area contributed by atoms with Crippen LogP contribution < -0.4 is 4.74 Å². The Labute approximate surface area is 104 Å². The van der Waals surface area contributed by atoms with E-state index in [0.29, 0.717) is 6.42 Å². The monoisotopic (exact) mass is 258 g/mol. The fourth-order valence-corrected chi connectivity index (χ4v) is 2.21. The van der Waals surface area contributed by atoms with Crippen LogP contribution in [0, 0.1) is 11.6 Å². The maximum Gasteiger partial charge on any atom is 0.135 e. The molecule has 0 aromatic heterocycles. The van der Waals surface area contributed by atoms with E-state index in [1.807, 2.05) is 6.92 Å². The van der Waals surface area contributed by atoms with Gasteiger partial charge in [0.25, 0.3) is 0 Å². The van der Waals surface area contributed by atoms with E-state index in [2.05, 4.69) is 0 Å². The number of rotatable bonds is 3. The summed E-state index contributed by atoms with van der Waals surface area (Å²) in [5.74, 6) is -1.55. The van der Waals surface area contributed by atoms with Crippen LogP contribution in [0.15, 0.2) is 12.1 Å². The molecule has 0 aliphatic carbocycles. The van der Waals surface area contributed by atoms with E-state index in [0.717, 1.165) is 18.6 Å². The number of aliphatic hydroxyl groups is 1. The van der Waals surface area contributed by atoms with Crippen molar-refractivity contribution in [3.63, 3.8) is 0 Å². The van der Waals surface area contributed by atoms with Gasteiger partial charge in [-0.05, 0) is 19.8 Å². The smallest absolute Gasteiger partial charge is 0.135 e. The van der Waals surface area contributed by atoms with Crippen molar-refractivity contribution in [1.82, 2.24) is 0 Å². The number of methoxy groups -OCH3 is 1. The molecule has 0 spiro atoms. The van der Waals surface area contributed by atoms with E-state index in [1.165, 1.54) is 7.11 Å². The lowest BCUT2D eigenvalue weighted by atomic mass is 10.0. The summed E-state index contributed by atoms with van der Waals surface area (Å²) in [5.41, 5.74) is -0.352. The van der Waals surface area contributed by atoms with Crippen LogP contribution in [-0.2, 0) is 4.74 Å². The van der Waals surface area contributed by atoms with Crippen molar-refractivity contribution >= 4 is 0 Å². The summed E-state index contributed by atoms with van der Waals surface area (Å²) in [7, 11) is 1.33. The van der Waals surface area contributed by atoms with E-state index in [-0.39, 0.29) is 17.4 Å². The molecule has 2 rings (SSSR count). The lowest BCUT2D eigenvalue weighted by Gasteiger charge is -2.20. The maximum absolute atomic E-state index is 13.8. The summed E-state index contributed by atoms with van der Waals surface area (Å²) in [6.45, 7) is 1.87. The molecule has 1 fully saturated rings. The number of hydrogen-bond donors (Lipinski definition) is 1. The van der Waals surface area contributed by atoms with E-state index < -0.39 is 23.8 Å². The van der Waals surface area contributed by atoms with Gasteiger partial charge in [-0.1, -0.05) is 0 Å². The second kappa shape index (κ2) is 5.20. The number of halogens is 2. The summed E-state index contributed by atoms with van der Waals surface area (Å²) >= 11 is 0. The molecule has 0 bridgehead atoms.